The summed E-state index contributed by atoms with van der Waals surface area (Å²) in [4.78, 5) is 7.85. The highest BCUT2D eigenvalue weighted by molar-refractivity contribution is 6.39. The minimum absolute atomic E-state index is 0. The number of nitrogens with one attached hydrogen (secondary N) is 2. The van der Waals surface area contributed by atoms with E-state index in [1.165, 1.54) is 81.2 Å². The van der Waals surface area contributed by atoms with Crippen molar-refractivity contribution in [2.75, 3.05) is 18.0 Å². The molecule has 1 aromatic carbocycles. The number of rotatable bonds is 10. The summed E-state index contributed by atoms with van der Waals surface area (Å²) in [7, 11) is 0. The molecule has 0 unspecified atom stereocenters. The number of halogens is 3. The molecule has 0 amide bonds. The van der Waals surface area contributed by atoms with Gasteiger partial charge in [0.25, 0.3) is 10.3 Å². The van der Waals surface area contributed by atoms with Gasteiger partial charge in [0.1, 0.15) is 0 Å². The highest BCUT2D eigenvalue weighted by Crippen LogP contribution is 2.28. The maximum atomic E-state index is 5.41. The lowest BCUT2D eigenvalue weighted by molar-refractivity contribution is -0.373. The first-order valence-corrected chi connectivity index (χ1v) is 11.8. The minimum Gasteiger partial charge on any atom is -1.00 e. The summed E-state index contributed by atoms with van der Waals surface area (Å²) in [5.74, 6) is 0. The predicted octanol–water partition coefficient (Wildman–Crippen LogP) is 4.58. The zero-order valence-corrected chi connectivity index (χ0v) is 21.4. The van der Waals surface area contributed by atoms with E-state index in [2.05, 4.69) is 59.1 Å². The Morgan fingerprint density at radius 1 is 0.967 bits per heavy atom. The first kappa shape index (κ1) is 27.1. The number of unbranched alkanes of at least 4 members (excludes halogenated alkanes) is 8. The predicted molar refractivity (Wildman–Crippen MR) is 127 cm³/mol. The van der Waals surface area contributed by atoms with E-state index < -0.39 is 0 Å². The largest absolute Gasteiger partial charge is 1.00 e. The number of H-pyrrole nitrogens is 2. The van der Waals surface area contributed by atoms with Crippen LogP contribution in [0, 0.1) is 0 Å². The van der Waals surface area contributed by atoms with Crippen LogP contribution in [0.2, 0.25) is 10.3 Å². The van der Waals surface area contributed by atoms with E-state index in [-0.39, 0.29) is 17.0 Å². The van der Waals surface area contributed by atoms with Gasteiger partial charge in [-0.2, -0.15) is 0 Å². The van der Waals surface area contributed by atoms with Crippen molar-refractivity contribution >= 4 is 35.0 Å². The average molecular weight is 517 g/mol. The highest BCUT2D eigenvalue weighted by Gasteiger charge is 2.14. The molecule has 0 fully saturated rings. The Hall–Kier alpha value is -0.970. The van der Waals surface area contributed by atoms with E-state index in [1.54, 1.807) is 6.33 Å². The lowest BCUT2D eigenvalue weighted by atomic mass is 10.0. The number of nitrogens with zero attached hydrogens (tertiary/aromatic N) is 1. The van der Waals surface area contributed by atoms with Gasteiger partial charge in [-0.05, 0) is 48.2 Å². The molecule has 1 aliphatic heterocycles. The van der Waals surface area contributed by atoms with Crippen LogP contribution in [0.1, 0.15) is 77.2 Å². The van der Waals surface area contributed by atoms with Crippen LogP contribution >= 0.6 is 23.2 Å². The number of aromatic nitrogens is 2. The number of aromatic amines is 2. The molecule has 0 radical (unpaired) electrons. The first-order chi connectivity index (χ1) is 14.1. The normalized spacial score (nSPS) is 12.4. The second-order valence-corrected chi connectivity index (χ2v) is 8.62. The Bertz CT molecular complexity index is 729. The number of fused-ring (bicyclic) bond motifs is 1. The molecule has 2 aromatic rings. The number of imidazole rings is 1. The van der Waals surface area contributed by atoms with Crippen molar-refractivity contribution in [1.29, 1.82) is 0 Å². The minimum atomic E-state index is 0. The average Bonchev–Trinajstić information content (AvgIpc) is 3.09. The van der Waals surface area contributed by atoms with Crippen molar-refractivity contribution in [3.8, 4) is 0 Å². The fourth-order valence-corrected chi connectivity index (χ4v) is 3.92. The molecule has 2 N–H and O–H groups in total. The fourth-order valence-electron chi connectivity index (χ4n) is 3.70. The monoisotopic (exact) mass is 515 g/mol. The van der Waals surface area contributed by atoms with Crippen molar-refractivity contribution < 1.29 is 22.0 Å². The van der Waals surface area contributed by atoms with Crippen LogP contribution in [-0.4, -0.2) is 18.1 Å². The maximum absolute atomic E-state index is 5.41. The third-order valence-corrected chi connectivity index (χ3v) is 5.93. The summed E-state index contributed by atoms with van der Waals surface area (Å²) in [6.07, 6.45) is 16.5. The standard InChI is InChI=1S/C21H33N.C3H2Cl2N2.BrH/c1-3-4-5-6-7-8-9-10-13-16-22-18-19(2)17-20-14-11-12-15-21(20)22;4-2-3(5)7-1-6-2;/h11-12,14-15,17H,3-10,13,16,18H2,1-2H3;1H,(H,6,7);1H. The van der Waals surface area contributed by atoms with Crippen LogP contribution in [0.4, 0.5) is 5.69 Å². The maximum Gasteiger partial charge on any atom is 0.252 e. The van der Waals surface area contributed by atoms with Crippen LogP contribution in [-0.2, 0) is 0 Å². The number of hydrogen-bond donors (Lipinski definition) is 1. The Morgan fingerprint density at radius 2 is 1.60 bits per heavy atom. The number of para-hydroxylation sites is 1. The SMILES string of the molecule is CCCCCCCCCCCN1CC(C)=Cc2ccccc21.Clc1[nH]c[nH+]c1Cl.[Br-]. The van der Waals surface area contributed by atoms with Gasteiger partial charge in [-0.3, -0.25) is 0 Å². The molecule has 6 heteroatoms. The number of benzene rings is 1. The van der Waals surface area contributed by atoms with E-state index in [0.717, 1.165) is 6.54 Å². The van der Waals surface area contributed by atoms with E-state index in [0.29, 0.717) is 10.3 Å². The van der Waals surface area contributed by atoms with Gasteiger partial charge in [0.2, 0.25) is 6.33 Å². The van der Waals surface area contributed by atoms with Crippen LogP contribution in [0.25, 0.3) is 6.08 Å². The molecule has 2 heterocycles. The Labute approximate surface area is 203 Å². The Kier molecular flexibility index (Phi) is 14.2. The molecule has 0 aliphatic carbocycles. The molecule has 3 rings (SSSR count). The third-order valence-electron chi connectivity index (χ3n) is 5.24. The smallest absolute Gasteiger partial charge is 0.252 e. The van der Waals surface area contributed by atoms with Crippen LogP contribution in [0.3, 0.4) is 0 Å². The Morgan fingerprint density at radius 3 is 2.17 bits per heavy atom. The lowest BCUT2D eigenvalue weighted by Crippen LogP contribution is -3.00. The third kappa shape index (κ3) is 9.89. The van der Waals surface area contributed by atoms with Gasteiger partial charge in [-0.25, -0.2) is 9.97 Å². The van der Waals surface area contributed by atoms with Crippen molar-refractivity contribution in [1.82, 2.24) is 4.98 Å². The number of anilines is 1. The first-order valence-electron chi connectivity index (χ1n) is 11.0. The van der Waals surface area contributed by atoms with E-state index in [1.807, 2.05) is 0 Å². The molecule has 3 nitrogen and oxygen atoms in total. The van der Waals surface area contributed by atoms with E-state index in [4.69, 9.17) is 23.2 Å². The summed E-state index contributed by atoms with van der Waals surface area (Å²) in [5.41, 5.74) is 4.30. The van der Waals surface area contributed by atoms with Gasteiger partial charge in [0.05, 0.1) is 0 Å². The van der Waals surface area contributed by atoms with Crippen molar-refractivity contribution in [2.45, 2.75) is 71.6 Å². The summed E-state index contributed by atoms with van der Waals surface area (Å²) in [5, 5.41) is 0.892. The molecule has 0 spiro atoms. The van der Waals surface area contributed by atoms with Crippen molar-refractivity contribution in [3.63, 3.8) is 0 Å². The lowest BCUT2D eigenvalue weighted by Gasteiger charge is -2.30. The summed E-state index contributed by atoms with van der Waals surface area (Å²) < 4.78 is 0. The van der Waals surface area contributed by atoms with Gasteiger partial charge in [0, 0.05) is 18.8 Å². The molecular weight excluding hydrogens is 481 g/mol. The van der Waals surface area contributed by atoms with Gasteiger partial charge in [-0.15, -0.1) is 0 Å². The van der Waals surface area contributed by atoms with Crippen LogP contribution in [0.5, 0.6) is 0 Å². The quantitative estimate of drug-likeness (QED) is 0.460. The molecular formula is C24H36BrCl2N3. The topological polar surface area (TPSA) is 33.2 Å². The second kappa shape index (κ2) is 15.8. The van der Waals surface area contributed by atoms with Gasteiger partial charge in [0.15, 0.2) is 0 Å². The molecule has 30 heavy (non-hydrogen) atoms. The molecule has 0 saturated heterocycles. The molecule has 1 aromatic heterocycles. The van der Waals surface area contributed by atoms with Gasteiger partial charge >= 0.3 is 0 Å². The van der Waals surface area contributed by atoms with Crippen LogP contribution < -0.4 is 26.9 Å². The fraction of sp³-hybridized carbons (Fsp3) is 0.542. The molecule has 0 atom stereocenters. The molecule has 168 valence electrons. The van der Waals surface area contributed by atoms with Gasteiger partial charge < -0.3 is 21.9 Å². The summed E-state index contributed by atoms with van der Waals surface area (Å²) >= 11 is 10.8. The summed E-state index contributed by atoms with van der Waals surface area (Å²) in [6, 6.07) is 8.81. The zero-order chi connectivity index (χ0) is 20.9. The summed E-state index contributed by atoms with van der Waals surface area (Å²) in [6.45, 7) is 6.85. The van der Waals surface area contributed by atoms with E-state index in [9.17, 15) is 0 Å². The molecule has 0 bridgehead atoms. The zero-order valence-electron chi connectivity index (χ0n) is 18.3. The molecule has 1 aliphatic rings. The molecule has 0 saturated carbocycles. The highest BCUT2D eigenvalue weighted by atomic mass is 79.9. The second-order valence-electron chi connectivity index (χ2n) is 7.86. The van der Waals surface area contributed by atoms with Crippen molar-refractivity contribution in [2.24, 2.45) is 0 Å². The van der Waals surface area contributed by atoms with Crippen molar-refractivity contribution in [3.05, 3.63) is 52.0 Å². The Balaban J connectivity index is 0.000000477. The van der Waals surface area contributed by atoms with Gasteiger partial charge in [-0.1, -0.05) is 88.1 Å². The number of hydrogen-bond acceptors (Lipinski definition) is 1. The van der Waals surface area contributed by atoms with E-state index >= 15 is 0 Å². The van der Waals surface area contributed by atoms with Crippen LogP contribution in [0.15, 0.2) is 36.2 Å².